The number of likely N-dealkylation sites (tertiary alicyclic amines) is 1. The summed E-state index contributed by atoms with van der Waals surface area (Å²) in [6.45, 7) is 6.18. The maximum Gasteiger partial charge on any atom is 0.227 e. The number of fused-ring (bicyclic) bond motifs is 1. The van der Waals surface area contributed by atoms with E-state index >= 15 is 0 Å². The Balaban J connectivity index is 1.53. The molecular formula is C24H29N3O2. The molecule has 1 saturated heterocycles. The van der Waals surface area contributed by atoms with Gasteiger partial charge in [-0.25, -0.2) is 4.98 Å². The Morgan fingerprint density at radius 3 is 2.90 bits per heavy atom. The number of aryl methyl sites for hydroxylation is 1. The van der Waals surface area contributed by atoms with Gasteiger partial charge in [0, 0.05) is 31.6 Å². The lowest BCUT2D eigenvalue weighted by atomic mass is 9.99. The molecule has 1 fully saturated rings. The van der Waals surface area contributed by atoms with Gasteiger partial charge in [-0.2, -0.15) is 0 Å². The molecule has 0 saturated carbocycles. The van der Waals surface area contributed by atoms with Crippen LogP contribution in [0.5, 0.6) is 0 Å². The summed E-state index contributed by atoms with van der Waals surface area (Å²) in [7, 11) is 0. The van der Waals surface area contributed by atoms with Crippen LogP contribution in [0.1, 0.15) is 44.1 Å². The van der Waals surface area contributed by atoms with Crippen molar-refractivity contribution in [3.63, 3.8) is 0 Å². The zero-order valence-corrected chi connectivity index (χ0v) is 17.3. The minimum Gasteiger partial charge on any atom is -0.441 e. The summed E-state index contributed by atoms with van der Waals surface area (Å²) >= 11 is 0. The lowest BCUT2D eigenvalue weighted by molar-refractivity contribution is -0.119. The molecule has 2 heterocycles. The first-order valence-electron chi connectivity index (χ1n) is 10.5. The number of hydrogen-bond acceptors (Lipinski definition) is 4. The molecule has 0 spiro atoms. The lowest BCUT2D eigenvalue weighted by Gasteiger charge is -2.35. The van der Waals surface area contributed by atoms with E-state index in [1.807, 2.05) is 6.92 Å². The first-order valence-corrected chi connectivity index (χ1v) is 10.5. The van der Waals surface area contributed by atoms with Crippen LogP contribution < -0.4 is 5.32 Å². The van der Waals surface area contributed by atoms with Crippen LogP contribution in [-0.4, -0.2) is 34.9 Å². The highest BCUT2D eigenvalue weighted by atomic mass is 16.4. The van der Waals surface area contributed by atoms with Crippen molar-refractivity contribution in [2.45, 2.75) is 52.1 Å². The molecule has 0 radical (unpaired) electrons. The number of rotatable bonds is 6. The van der Waals surface area contributed by atoms with Crippen LogP contribution in [0.25, 0.3) is 22.2 Å². The Morgan fingerprint density at radius 1 is 1.21 bits per heavy atom. The van der Waals surface area contributed by atoms with Gasteiger partial charge in [-0.3, -0.25) is 9.69 Å². The molecule has 3 aromatic rings. The quantitative estimate of drug-likeness (QED) is 0.663. The minimum absolute atomic E-state index is 0.0411. The first-order chi connectivity index (χ1) is 14.1. The molecule has 29 heavy (non-hydrogen) atoms. The Bertz CT molecular complexity index is 989. The maximum absolute atomic E-state index is 11.2. The molecule has 1 amide bonds. The second-order valence-corrected chi connectivity index (χ2v) is 7.94. The number of hydrogen-bond donors (Lipinski definition) is 1. The summed E-state index contributed by atoms with van der Waals surface area (Å²) in [6, 6.07) is 15.1. The second-order valence-electron chi connectivity index (χ2n) is 7.94. The molecule has 1 atom stereocenters. The molecule has 152 valence electrons. The molecule has 5 heteroatoms. The van der Waals surface area contributed by atoms with E-state index in [1.165, 1.54) is 24.6 Å². The molecule has 0 bridgehead atoms. The molecule has 0 unspecified atom stereocenters. The zero-order chi connectivity index (χ0) is 20.2. The van der Waals surface area contributed by atoms with Gasteiger partial charge in [0.1, 0.15) is 5.76 Å². The van der Waals surface area contributed by atoms with Gasteiger partial charge in [-0.05, 0) is 49.6 Å². The maximum atomic E-state index is 11.2. The molecule has 0 aliphatic carbocycles. The first kappa shape index (κ1) is 19.6. The van der Waals surface area contributed by atoms with Crippen molar-refractivity contribution >= 4 is 16.7 Å². The number of carbonyl (C=O) groups excluding carboxylic acids is 1. The van der Waals surface area contributed by atoms with Gasteiger partial charge < -0.3 is 9.73 Å². The summed E-state index contributed by atoms with van der Waals surface area (Å²) in [4.78, 5) is 18.6. The molecular weight excluding hydrogens is 362 g/mol. The average Bonchev–Trinajstić information content (AvgIpc) is 3.09. The third-order valence-corrected chi connectivity index (χ3v) is 5.87. The average molecular weight is 392 g/mol. The van der Waals surface area contributed by atoms with Crippen LogP contribution >= 0.6 is 0 Å². The third kappa shape index (κ3) is 4.51. The highest BCUT2D eigenvalue weighted by Gasteiger charge is 2.24. The third-order valence-electron chi connectivity index (χ3n) is 5.87. The fraction of sp³-hybridized carbons (Fsp3) is 0.417. The number of piperidine rings is 1. The number of oxazole rings is 1. The van der Waals surface area contributed by atoms with E-state index in [0.717, 1.165) is 48.5 Å². The summed E-state index contributed by atoms with van der Waals surface area (Å²) in [5.74, 6) is 1.62. The monoisotopic (exact) mass is 391 g/mol. The van der Waals surface area contributed by atoms with E-state index in [4.69, 9.17) is 9.40 Å². The van der Waals surface area contributed by atoms with Gasteiger partial charge in [0.15, 0.2) is 0 Å². The van der Waals surface area contributed by atoms with Crippen molar-refractivity contribution < 1.29 is 9.21 Å². The fourth-order valence-electron chi connectivity index (χ4n) is 4.30. The predicted molar refractivity (Wildman–Crippen MR) is 116 cm³/mol. The van der Waals surface area contributed by atoms with Crippen molar-refractivity contribution in [1.29, 1.82) is 0 Å². The highest BCUT2D eigenvalue weighted by molar-refractivity contribution is 5.94. The number of amides is 1. The molecule has 2 aromatic carbocycles. The van der Waals surface area contributed by atoms with E-state index in [-0.39, 0.29) is 5.91 Å². The summed E-state index contributed by atoms with van der Waals surface area (Å²) < 4.78 is 6.10. The van der Waals surface area contributed by atoms with Crippen molar-refractivity contribution in [3.05, 3.63) is 53.9 Å². The molecule has 1 aromatic heterocycles. The fourth-order valence-corrected chi connectivity index (χ4v) is 4.30. The van der Waals surface area contributed by atoms with Gasteiger partial charge in [-0.1, -0.05) is 42.8 Å². The van der Waals surface area contributed by atoms with Crippen LogP contribution in [0.15, 0.2) is 46.9 Å². The van der Waals surface area contributed by atoms with Crippen molar-refractivity contribution in [2.24, 2.45) is 0 Å². The van der Waals surface area contributed by atoms with Crippen LogP contribution in [0.3, 0.4) is 0 Å². The van der Waals surface area contributed by atoms with E-state index in [9.17, 15) is 4.79 Å². The summed E-state index contributed by atoms with van der Waals surface area (Å²) in [5.41, 5.74) is 2.05. The van der Waals surface area contributed by atoms with E-state index < -0.39 is 0 Å². The number of nitrogens with zero attached hydrogens (tertiary/aromatic N) is 2. The minimum atomic E-state index is 0.0411. The smallest absolute Gasteiger partial charge is 0.227 e. The topological polar surface area (TPSA) is 58.4 Å². The Kier molecular flexibility index (Phi) is 5.95. The number of nitrogens with one attached hydrogen (secondary N) is 1. The highest BCUT2D eigenvalue weighted by Crippen LogP contribution is 2.30. The van der Waals surface area contributed by atoms with Crippen LogP contribution in [0.4, 0.5) is 0 Å². The van der Waals surface area contributed by atoms with Crippen LogP contribution in [0, 0.1) is 6.92 Å². The normalized spacial score (nSPS) is 17.5. The summed E-state index contributed by atoms with van der Waals surface area (Å²) in [6.07, 6.45) is 4.61. The van der Waals surface area contributed by atoms with Gasteiger partial charge >= 0.3 is 0 Å². The molecule has 1 aliphatic rings. The number of aromatic nitrogens is 1. The van der Waals surface area contributed by atoms with Crippen molar-refractivity contribution in [2.75, 3.05) is 13.1 Å². The lowest BCUT2D eigenvalue weighted by Crippen LogP contribution is -2.41. The van der Waals surface area contributed by atoms with Gasteiger partial charge in [0.2, 0.25) is 11.8 Å². The van der Waals surface area contributed by atoms with E-state index in [2.05, 4.69) is 52.7 Å². The second kappa shape index (κ2) is 8.78. The Morgan fingerprint density at radius 2 is 2.03 bits per heavy atom. The molecule has 5 nitrogen and oxygen atoms in total. The van der Waals surface area contributed by atoms with Crippen LogP contribution in [-0.2, 0) is 11.3 Å². The van der Waals surface area contributed by atoms with Gasteiger partial charge in [0.25, 0.3) is 0 Å². The number of benzene rings is 2. The summed E-state index contributed by atoms with van der Waals surface area (Å²) in [5, 5.41) is 5.28. The van der Waals surface area contributed by atoms with Gasteiger partial charge in [0.05, 0.1) is 5.69 Å². The van der Waals surface area contributed by atoms with E-state index in [0.29, 0.717) is 11.9 Å². The Labute approximate surface area is 172 Å². The zero-order valence-electron chi connectivity index (χ0n) is 17.3. The molecule has 4 rings (SSSR count). The Hall–Kier alpha value is -2.66. The van der Waals surface area contributed by atoms with Gasteiger partial charge in [-0.15, -0.1) is 0 Å². The molecule has 1 N–H and O–H groups in total. The molecule has 1 aliphatic heterocycles. The largest absolute Gasteiger partial charge is 0.441 e. The van der Waals surface area contributed by atoms with E-state index in [1.54, 1.807) is 6.92 Å². The van der Waals surface area contributed by atoms with Crippen LogP contribution in [0.2, 0.25) is 0 Å². The SMILES string of the molecule is CC(=O)NCC[C@H]1CCCCN1Cc1nc(-c2cccc3ccccc23)oc1C. The number of carbonyl (C=O) groups is 1. The predicted octanol–water partition coefficient (Wildman–Crippen LogP) is 4.68. The van der Waals surface area contributed by atoms with Crippen molar-refractivity contribution in [1.82, 2.24) is 15.2 Å². The standard InChI is InChI=1S/C24H29N3O2/c1-17-23(16-27-15-6-5-10-20(27)13-14-25-18(2)28)26-24(29-17)22-12-7-9-19-8-3-4-11-21(19)22/h3-4,7-9,11-12,20H,5-6,10,13-16H2,1-2H3,(H,25,28)/t20-/m1/s1. The van der Waals surface area contributed by atoms with Crippen molar-refractivity contribution in [3.8, 4) is 11.5 Å².